The highest BCUT2D eigenvalue weighted by Crippen LogP contribution is 2.09. The maximum Gasteiger partial charge on any atom is 0.252 e. The van der Waals surface area contributed by atoms with Crippen molar-refractivity contribution >= 4 is 5.91 Å². The molecule has 76 valence electrons. The average molecular weight is 194 g/mol. The number of aromatic nitrogens is 1. The van der Waals surface area contributed by atoms with Crippen molar-refractivity contribution in [2.75, 3.05) is 7.05 Å². The summed E-state index contributed by atoms with van der Waals surface area (Å²) >= 11 is 0. The molecule has 1 N–H and O–H groups in total. The fraction of sp³-hybridized carbons (Fsp3) is 0.400. The summed E-state index contributed by atoms with van der Waals surface area (Å²) in [5.74, 6) is 0.390. The average Bonchev–Trinajstić information content (AvgIpc) is 2.17. The molecule has 0 aliphatic carbocycles. The minimum absolute atomic E-state index is 0.0911. The van der Waals surface area contributed by atoms with Gasteiger partial charge < -0.3 is 10.1 Å². The molecule has 0 saturated heterocycles. The Kier molecular flexibility index (Phi) is 3.45. The van der Waals surface area contributed by atoms with Crippen molar-refractivity contribution in [1.29, 1.82) is 0 Å². The molecule has 1 aromatic heterocycles. The first-order valence-electron chi connectivity index (χ1n) is 4.48. The predicted molar refractivity (Wildman–Crippen MR) is 53.4 cm³/mol. The molecule has 1 heterocycles. The Morgan fingerprint density at radius 3 is 2.64 bits per heavy atom. The van der Waals surface area contributed by atoms with Gasteiger partial charge in [0.05, 0.1) is 11.7 Å². The summed E-state index contributed by atoms with van der Waals surface area (Å²) in [6, 6.07) is 3.37. The van der Waals surface area contributed by atoms with Crippen molar-refractivity contribution in [3.05, 3.63) is 23.9 Å². The van der Waals surface area contributed by atoms with Gasteiger partial charge in [-0.1, -0.05) is 0 Å². The smallest absolute Gasteiger partial charge is 0.252 e. The van der Waals surface area contributed by atoms with E-state index in [0.29, 0.717) is 11.4 Å². The van der Waals surface area contributed by atoms with E-state index in [0.717, 1.165) is 0 Å². The normalized spacial score (nSPS) is 10.0. The molecule has 0 aliphatic heterocycles. The van der Waals surface area contributed by atoms with Crippen molar-refractivity contribution in [3.8, 4) is 5.88 Å². The van der Waals surface area contributed by atoms with E-state index in [-0.39, 0.29) is 12.0 Å². The van der Waals surface area contributed by atoms with E-state index in [1.807, 2.05) is 13.8 Å². The van der Waals surface area contributed by atoms with Gasteiger partial charge in [0.2, 0.25) is 5.88 Å². The highest BCUT2D eigenvalue weighted by atomic mass is 16.5. The van der Waals surface area contributed by atoms with Crippen molar-refractivity contribution in [1.82, 2.24) is 10.3 Å². The number of ether oxygens (including phenoxy) is 1. The molecule has 0 atom stereocenters. The van der Waals surface area contributed by atoms with Gasteiger partial charge in [-0.2, -0.15) is 0 Å². The summed E-state index contributed by atoms with van der Waals surface area (Å²) in [7, 11) is 1.58. The number of nitrogens with one attached hydrogen (secondary N) is 1. The summed E-state index contributed by atoms with van der Waals surface area (Å²) in [6.07, 6.45) is 1.59. The molecule has 14 heavy (non-hydrogen) atoms. The molecule has 0 spiro atoms. The fourth-order valence-electron chi connectivity index (χ4n) is 0.970. The molecule has 0 saturated carbocycles. The van der Waals surface area contributed by atoms with Gasteiger partial charge in [-0.05, 0) is 19.9 Å². The lowest BCUT2D eigenvalue weighted by molar-refractivity contribution is 0.0962. The second kappa shape index (κ2) is 4.60. The van der Waals surface area contributed by atoms with Crippen LogP contribution in [0.25, 0.3) is 0 Å². The fourth-order valence-corrected chi connectivity index (χ4v) is 0.970. The van der Waals surface area contributed by atoms with Crippen LogP contribution in [0.1, 0.15) is 24.2 Å². The van der Waals surface area contributed by atoms with Crippen molar-refractivity contribution in [2.45, 2.75) is 20.0 Å². The lowest BCUT2D eigenvalue weighted by Crippen LogP contribution is -2.18. The zero-order valence-electron chi connectivity index (χ0n) is 8.57. The second-order valence-electron chi connectivity index (χ2n) is 3.13. The summed E-state index contributed by atoms with van der Waals surface area (Å²) in [5, 5.41) is 2.52. The summed E-state index contributed by atoms with van der Waals surface area (Å²) in [4.78, 5) is 15.2. The number of nitrogens with zero attached hydrogens (tertiary/aromatic N) is 1. The van der Waals surface area contributed by atoms with E-state index in [2.05, 4.69) is 10.3 Å². The van der Waals surface area contributed by atoms with Crippen LogP contribution < -0.4 is 10.1 Å². The lowest BCUT2D eigenvalue weighted by Gasteiger charge is -2.08. The van der Waals surface area contributed by atoms with Crippen LogP contribution in [0.2, 0.25) is 0 Å². The number of carbonyl (C=O) groups is 1. The zero-order chi connectivity index (χ0) is 10.6. The summed E-state index contributed by atoms with van der Waals surface area (Å²) in [5.41, 5.74) is 0.531. The Labute approximate surface area is 83.3 Å². The highest BCUT2D eigenvalue weighted by Gasteiger charge is 2.04. The third-order valence-corrected chi connectivity index (χ3v) is 1.58. The second-order valence-corrected chi connectivity index (χ2v) is 3.13. The molecule has 0 aromatic carbocycles. The molecular formula is C10H14N2O2. The van der Waals surface area contributed by atoms with E-state index in [9.17, 15) is 4.79 Å². The van der Waals surface area contributed by atoms with Crippen molar-refractivity contribution in [2.24, 2.45) is 0 Å². The molecule has 0 bridgehead atoms. The standard InChI is InChI=1S/C10H14N2O2/c1-7(2)14-9-5-4-8(6-12-9)10(13)11-3/h4-7H,1-3H3,(H,11,13). The van der Waals surface area contributed by atoms with E-state index in [4.69, 9.17) is 4.74 Å². The SMILES string of the molecule is CNC(=O)c1ccc(OC(C)C)nc1. The van der Waals surface area contributed by atoms with Crippen LogP contribution in [0.4, 0.5) is 0 Å². The minimum Gasteiger partial charge on any atom is -0.475 e. The monoisotopic (exact) mass is 194 g/mol. The Bertz CT molecular complexity index is 306. The number of amides is 1. The number of carbonyl (C=O) groups excluding carboxylic acids is 1. The predicted octanol–water partition coefficient (Wildman–Crippen LogP) is 1.23. The van der Waals surface area contributed by atoms with Gasteiger partial charge >= 0.3 is 0 Å². The summed E-state index contributed by atoms with van der Waals surface area (Å²) < 4.78 is 5.34. The summed E-state index contributed by atoms with van der Waals surface area (Å²) in [6.45, 7) is 3.85. The first-order valence-corrected chi connectivity index (χ1v) is 4.48. The number of pyridine rings is 1. The van der Waals surface area contributed by atoms with Gasteiger partial charge in [-0.3, -0.25) is 4.79 Å². The third-order valence-electron chi connectivity index (χ3n) is 1.58. The molecule has 4 heteroatoms. The largest absolute Gasteiger partial charge is 0.475 e. The minimum atomic E-state index is -0.145. The molecule has 4 nitrogen and oxygen atoms in total. The maximum atomic E-state index is 11.2. The van der Waals surface area contributed by atoms with Crippen LogP contribution in [0, 0.1) is 0 Å². The molecule has 1 rings (SSSR count). The van der Waals surface area contributed by atoms with E-state index in [1.165, 1.54) is 6.20 Å². The van der Waals surface area contributed by atoms with Crippen LogP contribution in [0.5, 0.6) is 5.88 Å². The van der Waals surface area contributed by atoms with Crippen molar-refractivity contribution in [3.63, 3.8) is 0 Å². The Morgan fingerprint density at radius 1 is 1.50 bits per heavy atom. The third kappa shape index (κ3) is 2.73. The Morgan fingerprint density at radius 2 is 2.21 bits per heavy atom. The Balaban J connectivity index is 2.73. The van der Waals surface area contributed by atoms with Crippen LogP contribution in [0.15, 0.2) is 18.3 Å². The lowest BCUT2D eigenvalue weighted by atomic mass is 10.3. The van der Waals surface area contributed by atoms with Gasteiger partial charge in [0, 0.05) is 19.3 Å². The number of rotatable bonds is 3. The Hall–Kier alpha value is -1.58. The van der Waals surface area contributed by atoms with Gasteiger partial charge in [-0.25, -0.2) is 4.98 Å². The molecule has 0 unspecified atom stereocenters. The molecular weight excluding hydrogens is 180 g/mol. The number of hydrogen-bond donors (Lipinski definition) is 1. The van der Waals surface area contributed by atoms with Crippen LogP contribution in [-0.4, -0.2) is 24.0 Å². The first kappa shape index (κ1) is 10.5. The van der Waals surface area contributed by atoms with E-state index >= 15 is 0 Å². The van der Waals surface area contributed by atoms with Crippen LogP contribution in [-0.2, 0) is 0 Å². The molecule has 1 aromatic rings. The molecule has 1 amide bonds. The van der Waals surface area contributed by atoms with Gasteiger partial charge in [0.15, 0.2) is 0 Å². The first-order chi connectivity index (χ1) is 6.63. The maximum absolute atomic E-state index is 11.2. The van der Waals surface area contributed by atoms with Crippen LogP contribution in [0.3, 0.4) is 0 Å². The van der Waals surface area contributed by atoms with Gasteiger partial charge in [0.25, 0.3) is 5.91 Å². The van der Waals surface area contributed by atoms with Crippen molar-refractivity contribution < 1.29 is 9.53 Å². The molecule has 0 aliphatic rings. The zero-order valence-corrected chi connectivity index (χ0v) is 8.57. The molecule has 0 fully saturated rings. The highest BCUT2D eigenvalue weighted by molar-refractivity contribution is 5.93. The van der Waals surface area contributed by atoms with E-state index in [1.54, 1.807) is 19.2 Å². The topological polar surface area (TPSA) is 51.2 Å². The van der Waals surface area contributed by atoms with Crippen LogP contribution >= 0.6 is 0 Å². The van der Waals surface area contributed by atoms with Gasteiger partial charge in [0.1, 0.15) is 0 Å². The van der Waals surface area contributed by atoms with Gasteiger partial charge in [-0.15, -0.1) is 0 Å². The quantitative estimate of drug-likeness (QED) is 0.787. The number of hydrogen-bond acceptors (Lipinski definition) is 3. The molecule has 0 radical (unpaired) electrons. The van der Waals surface area contributed by atoms with E-state index < -0.39 is 0 Å².